The van der Waals surface area contributed by atoms with Gasteiger partial charge in [0.25, 0.3) is 0 Å². The summed E-state index contributed by atoms with van der Waals surface area (Å²) < 4.78 is 2.02. The molecule has 0 fully saturated rings. The molecule has 2 heterocycles. The Morgan fingerprint density at radius 3 is 3.42 bits per heavy atom. The molecule has 4 nitrogen and oxygen atoms in total. The van der Waals surface area contributed by atoms with E-state index in [9.17, 15) is 4.79 Å². The van der Waals surface area contributed by atoms with Gasteiger partial charge >= 0.3 is 5.97 Å². The van der Waals surface area contributed by atoms with Gasteiger partial charge in [0.05, 0.1) is 6.42 Å². The molecule has 1 N–H and O–H groups in total. The maximum atomic E-state index is 10.4. The Bertz CT molecular complexity index is 306. The number of aromatic nitrogens is 2. The predicted octanol–water partition coefficient (Wildman–Crippen LogP) is 0.845. The zero-order chi connectivity index (χ0) is 8.55. The molecule has 0 saturated heterocycles. The fourth-order valence-corrected chi connectivity index (χ4v) is 1.70. The molecule has 1 aliphatic heterocycles. The number of fused-ring (bicyclic) bond motifs is 1. The van der Waals surface area contributed by atoms with Gasteiger partial charge in [-0.05, 0) is 6.42 Å². The van der Waals surface area contributed by atoms with Crippen molar-refractivity contribution >= 4 is 5.97 Å². The minimum Gasteiger partial charge on any atom is -0.481 e. The number of hydrogen-bond donors (Lipinski definition) is 1. The van der Waals surface area contributed by atoms with Crippen LogP contribution in [0.4, 0.5) is 0 Å². The molecule has 64 valence electrons. The Kier molecular flexibility index (Phi) is 1.60. The first kappa shape index (κ1) is 7.34. The molecule has 0 radical (unpaired) electrons. The monoisotopic (exact) mass is 166 g/mol. The second-order valence-electron chi connectivity index (χ2n) is 3.06. The van der Waals surface area contributed by atoms with Crippen molar-refractivity contribution in [2.24, 2.45) is 0 Å². The second-order valence-corrected chi connectivity index (χ2v) is 3.06. The molecule has 1 aliphatic rings. The highest BCUT2D eigenvalue weighted by atomic mass is 16.4. The third-order valence-electron chi connectivity index (χ3n) is 2.25. The van der Waals surface area contributed by atoms with Gasteiger partial charge in [0.2, 0.25) is 0 Å². The van der Waals surface area contributed by atoms with Crippen LogP contribution in [-0.4, -0.2) is 20.6 Å². The van der Waals surface area contributed by atoms with Crippen LogP contribution in [0.15, 0.2) is 12.4 Å². The van der Waals surface area contributed by atoms with E-state index in [1.807, 2.05) is 10.8 Å². The average molecular weight is 166 g/mol. The molecule has 1 atom stereocenters. The smallest absolute Gasteiger partial charge is 0.304 e. The van der Waals surface area contributed by atoms with Gasteiger partial charge in [0.15, 0.2) is 0 Å². The second kappa shape index (κ2) is 2.62. The standard InChI is InChI=1S/C8H10N2O2/c11-7(12)5-6-1-3-10-4-2-9-8(6)10/h2,4,6H,1,3,5H2,(H,11,12). The first-order chi connectivity index (χ1) is 5.77. The Morgan fingerprint density at radius 1 is 1.83 bits per heavy atom. The van der Waals surface area contributed by atoms with Crippen molar-refractivity contribution in [2.45, 2.75) is 25.3 Å². The summed E-state index contributed by atoms with van der Waals surface area (Å²) in [5.41, 5.74) is 0. The number of carboxylic acid groups (broad SMARTS) is 1. The molecular weight excluding hydrogens is 156 g/mol. The Hall–Kier alpha value is -1.32. The first-order valence-corrected chi connectivity index (χ1v) is 4.00. The van der Waals surface area contributed by atoms with Gasteiger partial charge in [-0.15, -0.1) is 0 Å². The molecule has 0 aliphatic carbocycles. The van der Waals surface area contributed by atoms with Gasteiger partial charge in [-0.3, -0.25) is 4.79 Å². The fraction of sp³-hybridized carbons (Fsp3) is 0.500. The van der Waals surface area contributed by atoms with Gasteiger partial charge in [0.1, 0.15) is 5.82 Å². The van der Waals surface area contributed by atoms with Crippen molar-refractivity contribution < 1.29 is 9.90 Å². The highest BCUT2D eigenvalue weighted by molar-refractivity contribution is 5.67. The van der Waals surface area contributed by atoms with Crippen LogP contribution in [-0.2, 0) is 11.3 Å². The summed E-state index contributed by atoms with van der Waals surface area (Å²) in [6, 6.07) is 0. The van der Waals surface area contributed by atoms with Gasteiger partial charge in [-0.25, -0.2) is 4.98 Å². The Morgan fingerprint density at radius 2 is 2.67 bits per heavy atom. The van der Waals surface area contributed by atoms with Crippen molar-refractivity contribution in [1.82, 2.24) is 9.55 Å². The van der Waals surface area contributed by atoms with Crippen LogP contribution in [0.2, 0.25) is 0 Å². The average Bonchev–Trinajstić information content (AvgIpc) is 2.52. The van der Waals surface area contributed by atoms with Crippen molar-refractivity contribution in [3.63, 3.8) is 0 Å². The third kappa shape index (κ3) is 1.09. The maximum Gasteiger partial charge on any atom is 0.304 e. The van der Waals surface area contributed by atoms with Crippen LogP contribution in [0.25, 0.3) is 0 Å². The number of carbonyl (C=O) groups is 1. The molecule has 0 amide bonds. The molecule has 0 bridgehead atoms. The highest BCUT2D eigenvalue weighted by Gasteiger charge is 2.25. The van der Waals surface area contributed by atoms with Gasteiger partial charge in [-0.1, -0.05) is 0 Å². The zero-order valence-electron chi connectivity index (χ0n) is 6.60. The van der Waals surface area contributed by atoms with E-state index in [0.29, 0.717) is 0 Å². The number of imidazole rings is 1. The van der Waals surface area contributed by atoms with E-state index in [4.69, 9.17) is 5.11 Å². The summed E-state index contributed by atoms with van der Waals surface area (Å²) in [6.45, 7) is 0.910. The van der Waals surface area contributed by atoms with Crippen LogP contribution >= 0.6 is 0 Å². The predicted molar refractivity (Wildman–Crippen MR) is 41.8 cm³/mol. The topological polar surface area (TPSA) is 55.1 Å². The van der Waals surface area contributed by atoms with Crippen molar-refractivity contribution in [3.05, 3.63) is 18.2 Å². The number of aryl methyl sites for hydroxylation is 1. The first-order valence-electron chi connectivity index (χ1n) is 4.00. The molecule has 1 unspecified atom stereocenters. The lowest BCUT2D eigenvalue weighted by atomic mass is 10.0. The molecule has 4 heteroatoms. The Labute approximate surface area is 69.8 Å². The molecule has 0 aromatic carbocycles. The number of nitrogens with zero attached hydrogens (tertiary/aromatic N) is 2. The van der Waals surface area contributed by atoms with Crippen molar-refractivity contribution in [2.75, 3.05) is 0 Å². The minimum atomic E-state index is -0.739. The number of aliphatic carboxylic acids is 1. The largest absolute Gasteiger partial charge is 0.481 e. The van der Waals surface area contributed by atoms with Crippen LogP contribution in [0, 0.1) is 0 Å². The molecule has 0 saturated carbocycles. The summed E-state index contributed by atoms with van der Waals surface area (Å²) in [6.07, 6.45) is 4.74. The summed E-state index contributed by atoms with van der Waals surface area (Å²) in [5.74, 6) is 0.311. The van der Waals surface area contributed by atoms with Crippen molar-refractivity contribution in [3.8, 4) is 0 Å². The van der Waals surface area contributed by atoms with Crippen LogP contribution in [0.3, 0.4) is 0 Å². The van der Waals surface area contributed by atoms with E-state index < -0.39 is 5.97 Å². The van der Waals surface area contributed by atoms with E-state index in [2.05, 4.69) is 4.98 Å². The van der Waals surface area contributed by atoms with E-state index in [1.54, 1.807) is 6.20 Å². The van der Waals surface area contributed by atoms with Gasteiger partial charge in [-0.2, -0.15) is 0 Å². The summed E-state index contributed by atoms with van der Waals surface area (Å²) in [5, 5.41) is 8.60. The normalized spacial score (nSPS) is 20.8. The Balaban J connectivity index is 2.17. The van der Waals surface area contributed by atoms with Crippen LogP contribution < -0.4 is 0 Å². The lowest BCUT2D eigenvalue weighted by Crippen LogP contribution is -2.04. The van der Waals surface area contributed by atoms with Gasteiger partial charge in [0, 0.05) is 24.9 Å². The third-order valence-corrected chi connectivity index (χ3v) is 2.25. The number of rotatable bonds is 2. The molecule has 12 heavy (non-hydrogen) atoms. The molecule has 2 rings (SSSR count). The van der Waals surface area contributed by atoms with Crippen molar-refractivity contribution in [1.29, 1.82) is 0 Å². The van der Waals surface area contributed by atoms with E-state index in [-0.39, 0.29) is 12.3 Å². The quantitative estimate of drug-likeness (QED) is 0.708. The maximum absolute atomic E-state index is 10.4. The molecule has 1 aromatic rings. The summed E-state index contributed by atoms with van der Waals surface area (Å²) in [4.78, 5) is 14.6. The molecular formula is C8H10N2O2. The minimum absolute atomic E-state index is 0.123. The van der Waals surface area contributed by atoms with E-state index >= 15 is 0 Å². The summed E-state index contributed by atoms with van der Waals surface area (Å²) >= 11 is 0. The van der Waals surface area contributed by atoms with Gasteiger partial charge < -0.3 is 9.67 Å². The number of hydrogen-bond acceptors (Lipinski definition) is 2. The fourth-order valence-electron chi connectivity index (χ4n) is 1.70. The summed E-state index contributed by atoms with van der Waals surface area (Å²) in [7, 11) is 0. The highest BCUT2D eigenvalue weighted by Crippen LogP contribution is 2.28. The lowest BCUT2D eigenvalue weighted by molar-refractivity contribution is -0.137. The SMILES string of the molecule is O=C(O)CC1CCn2ccnc21. The van der Waals surface area contributed by atoms with Crippen LogP contribution in [0.1, 0.15) is 24.6 Å². The van der Waals surface area contributed by atoms with Crippen LogP contribution in [0.5, 0.6) is 0 Å². The van der Waals surface area contributed by atoms with E-state index in [0.717, 1.165) is 18.8 Å². The number of carboxylic acids is 1. The molecule has 1 aromatic heterocycles. The lowest BCUT2D eigenvalue weighted by Gasteiger charge is -2.02. The van der Waals surface area contributed by atoms with E-state index in [1.165, 1.54) is 0 Å². The molecule has 0 spiro atoms. The zero-order valence-corrected chi connectivity index (χ0v) is 6.60.